The van der Waals surface area contributed by atoms with Gasteiger partial charge >= 0.3 is 0 Å². The van der Waals surface area contributed by atoms with E-state index < -0.39 is 0 Å². The van der Waals surface area contributed by atoms with Gasteiger partial charge in [-0.15, -0.1) is 35.3 Å². The molecule has 0 saturated carbocycles. The first-order chi connectivity index (χ1) is 11.0. The summed E-state index contributed by atoms with van der Waals surface area (Å²) in [5.74, 6) is 1.49. The monoisotopic (exact) mass is 466 g/mol. The van der Waals surface area contributed by atoms with Gasteiger partial charge in [-0.2, -0.15) is 0 Å². The van der Waals surface area contributed by atoms with E-state index >= 15 is 0 Å². The summed E-state index contributed by atoms with van der Waals surface area (Å²) in [6, 6.07) is 0. The molecule has 0 spiro atoms. The Kier molecular flexibility index (Phi) is 9.51. The highest BCUT2D eigenvalue weighted by Crippen LogP contribution is 2.23. The van der Waals surface area contributed by atoms with Crippen molar-refractivity contribution in [2.24, 2.45) is 10.9 Å². The fourth-order valence-corrected chi connectivity index (χ4v) is 3.67. The number of thiazole rings is 1. The molecule has 1 saturated heterocycles. The predicted molar refractivity (Wildman–Crippen MR) is 112 cm³/mol. The number of guanidine groups is 1. The maximum atomic E-state index is 5.82. The average Bonchev–Trinajstić information content (AvgIpc) is 3.11. The van der Waals surface area contributed by atoms with Crippen molar-refractivity contribution in [3.63, 3.8) is 0 Å². The second kappa shape index (κ2) is 10.6. The summed E-state index contributed by atoms with van der Waals surface area (Å²) in [7, 11) is 0. The molecule has 1 aliphatic rings. The fourth-order valence-electron chi connectivity index (χ4n) is 2.61. The summed E-state index contributed by atoms with van der Waals surface area (Å²) in [5, 5.41) is 7.91. The molecule has 1 unspecified atom stereocenters. The standard InChI is InChI=1S/C17H30N4OS.HI/c1-5-18-16(21-12-17(4)7-6-8-22-17)20-11-14-10-19-15(23-14)9-13(2)3;/h10,13H,5-9,11-12H2,1-4H3,(H2,18,20,21);1H. The van der Waals surface area contributed by atoms with Crippen LogP contribution in [0.4, 0.5) is 0 Å². The zero-order chi connectivity index (χ0) is 16.7. The van der Waals surface area contributed by atoms with Crippen LogP contribution >= 0.6 is 35.3 Å². The van der Waals surface area contributed by atoms with Crippen molar-refractivity contribution < 1.29 is 4.74 Å². The maximum absolute atomic E-state index is 5.82. The van der Waals surface area contributed by atoms with E-state index in [4.69, 9.17) is 4.74 Å². The predicted octanol–water partition coefficient (Wildman–Crippen LogP) is 3.58. The van der Waals surface area contributed by atoms with E-state index in [1.807, 2.05) is 6.20 Å². The van der Waals surface area contributed by atoms with Gasteiger partial charge in [0.1, 0.15) is 0 Å². The average molecular weight is 466 g/mol. The molecule has 2 N–H and O–H groups in total. The molecule has 0 radical (unpaired) electrons. The lowest BCUT2D eigenvalue weighted by molar-refractivity contribution is 0.0243. The lowest BCUT2D eigenvalue weighted by atomic mass is 10.0. The summed E-state index contributed by atoms with van der Waals surface area (Å²) in [6.07, 6.45) is 5.25. The summed E-state index contributed by atoms with van der Waals surface area (Å²) in [5.41, 5.74) is -0.0644. The van der Waals surface area contributed by atoms with Gasteiger partial charge in [0.2, 0.25) is 0 Å². The zero-order valence-corrected chi connectivity index (χ0v) is 18.4. The van der Waals surface area contributed by atoms with Gasteiger partial charge in [-0.1, -0.05) is 13.8 Å². The topological polar surface area (TPSA) is 58.5 Å². The molecule has 138 valence electrons. The zero-order valence-electron chi connectivity index (χ0n) is 15.2. The van der Waals surface area contributed by atoms with Crippen LogP contribution in [0.2, 0.25) is 0 Å². The van der Waals surface area contributed by atoms with E-state index in [0.29, 0.717) is 12.5 Å². The van der Waals surface area contributed by atoms with Crippen molar-refractivity contribution >= 4 is 41.3 Å². The third-order valence-corrected chi connectivity index (χ3v) is 4.86. The highest BCUT2D eigenvalue weighted by Gasteiger charge is 2.29. The van der Waals surface area contributed by atoms with Gasteiger partial charge in [0.15, 0.2) is 5.96 Å². The molecule has 1 aliphatic heterocycles. The third-order valence-electron chi connectivity index (χ3n) is 3.85. The van der Waals surface area contributed by atoms with Crippen LogP contribution in [-0.2, 0) is 17.7 Å². The van der Waals surface area contributed by atoms with Crippen LogP contribution < -0.4 is 10.6 Å². The fraction of sp³-hybridized carbons (Fsp3) is 0.765. The molecule has 7 heteroatoms. The number of aromatic nitrogens is 1. The van der Waals surface area contributed by atoms with Gasteiger partial charge in [-0.25, -0.2) is 9.98 Å². The van der Waals surface area contributed by atoms with Crippen molar-refractivity contribution in [3.8, 4) is 0 Å². The molecule has 0 aromatic carbocycles. The van der Waals surface area contributed by atoms with Gasteiger partial charge in [0, 0.05) is 37.2 Å². The van der Waals surface area contributed by atoms with E-state index in [9.17, 15) is 0 Å². The lowest BCUT2D eigenvalue weighted by Crippen LogP contribution is -2.45. The molecule has 0 bridgehead atoms. The minimum Gasteiger partial charge on any atom is -0.373 e. The lowest BCUT2D eigenvalue weighted by Gasteiger charge is -2.24. The number of rotatable bonds is 7. The summed E-state index contributed by atoms with van der Waals surface area (Å²) in [4.78, 5) is 10.4. The first-order valence-corrected chi connectivity index (χ1v) is 9.42. The number of halogens is 1. The van der Waals surface area contributed by atoms with Gasteiger partial charge in [0.05, 0.1) is 17.2 Å². The minimum atomic E-state index is -0.0644. The molecule has 1 fully saturated rings. The molecular weight excluding hydrogens is 435 g/mol. The Labute approximate surface area is 167 Å². The van der Waals surface area contributed by atoms with Gasteiger partial charge in [-0.05, 0) is 32.6 Å². The number of nitrogens with zero attached hydrogens (tertiary/aromatic N) is 2. The van der Waals surface area contributed by atoms with E-state index in [0.717, 1.165) is 44.9 Å². The highest BCUT2D eigenvalue weighted by molar-refractivity contribution is 14.0. The van der Waals surface area contributed by atoms with E-state index in [-0.39, 0.29) is 29.6 Å². The molecule has 1 atom stereocenters. The molecule has 2 rings (SSSR count). The van der Waals surface area contributed by atoms with Crippen LogP contribution in [-0.4, -0.2) is 36.2 Å². The second-order valence-corrected chi connectivity index (χ2v) is 7.97. The summed E-state index contributed by atoms with van der Waals surface area (Å²) in [6.45, 7) is 11.9. The molecule has 0 aliphatic carbocycles. The Balaban J connectivity index is 0.00000288. The maximum Gasteiger partial charge on any atom is 0.191 e. The Hall–Kier alpha value is -0.410. The minimum absolute atomic E-state index is 0. The molecule has 2 heterocycles. The molecular formula is C17H31IN4OS. The Morgan fingerprint density at radius 3 is 2.88 bits per heavy atom. The van der Waals surface area contributed by atoms with Crippen molar-refractivity contribution in [2.45, 2.75) is 59.1 Å². The number of nitrogens with one attached hydrogen (secondary N) is 2. The van der Waals surface area contributed by atoms with Crippen molar-refractivity contribution in [2.75, 3.05) is 19.7 Å². The van der Waals surface area contributed by atoms with E-state index in [1.165, 1.54) is 9.88 Å². The Morgan fingerprint density at radius 1 is 1.46 bits per heavy atom. The van der Waals surface area contributed by atoms with Crippen LogP contribution in [0.25, 0.3) is 0 Å². The van der Waals surface area contributed by atoms with Gasteiger partial charge in [-0.3, -0.25) is 0 Å². The van der Waals surface area contributed by atoms with Crippen molar-refractivity contribution in [1.29, 1.82) is 0 Å². The third kappa shape index (κ3) is 7.23. The molecule has 1 aromatic heterocycles. The van der Waals surface area contributed by atoms with Gasteiger partial charge < -0.3 is 15.4 Å². The second-order valence-electron chi connectivity index (χ2n) is 6.77. The van der Waals surface area contributed by atoms with Crippen LogP contribution in [0, 0.1) is 5.92 Å². The summed E-state index contributed by atoms with van der Waals surface area (Å²) >= 11 is 1.77. The SMILES string of the molecule is CCNC(=NCc1cnc(CC(C)C)s1)NCC1(C)CCCO1.I. The van der Waals surface area contributed by atoms with Crippen LogP contribution in [0.5, 0.6) is 0 Å². The number of hydrogen-bond acceptors (Lipinski definition) is 4. The van der Waals surface area contributed by atoms with E-state index in [2.05, 4.69) is 48.3 Å². The quantitative estimate of drug-likeness (QED) is 0.367. The Bertz CT molecular complexity index is 512. The smallest absolute Gasteiger partial charge is 0.191 e. The number of aliphatic imine (C=N–C) groups is 1. The van der Waals surface area contributed by atoms with Gasteiger partial charge in [0.25, 0.3) is 0 Å². The van der Waals surface area contributed by atoms with E-state index in [1.54, 1.807) is 11.3 Å². The first-order valence-electron chi connectivity index (χ1n) is 8.60. The molecule has 0 amide bonds. The largest absolute Gasteiger partial charge is 0.373 e. The molecule has 24 heavy (non-hydrogen) atoms. The van der Waals surface area contributed by atoms with Crippen molar-refractivity contribution in [1.82, 2.24) is 15.6 Å². The first kappa shape index (κ1) is 21.6. The van der Waals surface area contributed by atoms with Crippen molar-refractivity contribution in [3.05, 3.63) is 16.1 Å². The van der Waals surface area contributed by atoms with Crippen LogP contribution in [0.3, 0.4) is 0 Å². The molecule has 5 nitrogen and oxygen atoms in total. The molecule has 1 aromatic rings. The Morgan fingerprint density at radius 2 is 2.25 bits per heavy atom. The highest BCUT2D eigenvalue weighted by atomic mass is 127. The van der Waals surface area contributed by atoms with Crippen LogP contribution in [0.1, 0.15) is 50.4 Å². The normalized spacial score (nSPS) is 21.0. The summed E-state index contributed by atoms with van der Waals surface area (Å²) < 4.78 is 5.82. The number of ether oxygens (including phenoxy) is 1. The number of hydrogen-bond donors (Lipinski definition) is 2. The van der Waals surface area contributed by atoms with Crippen LogP contribution in [0.15, 0.2) is 11.2 Å².